The van der Waals surface area contributed by atoms with Crippen LogP contribution >= 0.6 is 11.6 Å². The van der Waals surface area contributed by atoms with Gasteiger partial charge in [0.15, 0.2) is 11.5 Å². The number of nitrogens with zero attached hydrogens (tertiary/aromatic N) is 3. The maximum Gasteiger partial charge on any atom is 0.230 e. The number of halogens is 1. The molecule has 4 heterocycles. The predicted molar refractivity (Wildman–Crippen MR) is 154 cm³/mol. The zero-order valence-corrected chi connectivity index (χ0v) is 24.2. The summed E-state index contributed by atoms with van der Waals surface area (Å²) in [7, 11) is 1.61. The van der Waals surface area contributed by atoms with Crippen molar-refractivity contribution in [1.82, 2.24) is 14.9 Å². The molecule has 3 saturated heterocycles. The van der Waals surface area contributed by atoms with Crippen LogP contribution in [0.1, 0.15) is 31.2 Å². The third-order valence-corrected chi connectivity index (χ3v) is 8.61. The molecule has 41 heavy (non-hydrogen) atoms. The van der Waals surface area contributed by atoms with Crippen molar-refractivity contribution in [3.05, 3.63) is 47.2 Å². The Hall–Kier alpha value is -2.98. The summed E-state index contributed by atoms with van der Waals surface area (Å²) in [6.07, 6.45) is 5.32. The number of benzene rings is 2. The van der Waals surface area contributed by atoms with Gasteiger partial charge < -0.3 is 28.6 Å². The number of fused-ring (bicyclic) bond motifs is 1. The molecule has 0 saturated carbocycles. The smallest absolute Gasteiger partial charge is 0.230 e. The number of Topliss-reactive ketones (excluding diaryl/α,β-unsaturated/α-hetero) is 1. The van der Waals surface area contributed by atoms with Crippen LogP contribution in [0.25, 0.3) is 10.9 Å². The largest absolute Gasteiger partial charge is 0.493 e. The minimum Gasteiger partial charge on any atom is -0.493 e. The number of ketones is 1. The number of carbonyl (C=O) groups excluding carboxylic acids is 1. The number of carbonyl (C=O) groups is 1. The molecule has 3 aliphatic rings. The predicted octanol–water partition coefficient (Wildman–Crippen LogP) is 5.11. The Bertz CT molecular complexity index is 1390. The van der Waals surface area contributed by atoms with E-state index < -0.39 is 0 Å². The maximum atomic E-state index is 12.4. The minimum absolute atomic E-state index is 0.174. The number of hydrogen-bond donors (Lipinski definition) is 0. The molecular formula is C31H36ClN3O6. The number of likely N-dealkylation sites (tertiary alicyclic amines) is 1. The van der Waals surface area contributed by atoms with E-state index in [0.29, 0.717) is 69.8 Å². The van der Waals surface area contributed by atoms with Crippen molar-refractivity contribution < 1.29 is 28.5 Å². The van der Waals surface area contributed by atoms with Gasteiger partial charge in [0, 0.05) is 48.4 Å². The standard InChI is InChI=1S/C31H36ClN3O6/c1-37-28-13-25-27(14-29(28)40-10-2-8-35-9-7-31(17-35)18-39-19-31)33-20-34-30(25)41-24-6-4-22(26(32)12-24)11-23(36)5-3-21-15-38-16-21/h4,6,12-14,20-21H,2-3,5,7-11,15-19H2,1H3. The van der Waals surface area contributed by atoms with E-state index in [0.717, 1.165) is 64.5 Å². The summed E-state index contributed by atoms with van der Waals surface area (Å²) in [6.45, 7) is 7.15. The molecule has 2 aromatic carbocycles. The second kappa shape index (κ2) is 12.5. The number of hydrogen-bond acceptors (Lipinski definition) is 9. The summed E-state index contributed by atoms with van der Waals surface area (Å²) in [4.78, 5) is 23.7. The van der Waals surface area contributed by atoms with Gasteiger partial charge in [0.1, 0.15) is 17.9 Å². The number of aromatic nitrogens is 2. The topological polar surface area (TPSA) is 92.2 Å². The normalized spacial score (nSPS) is 18.3. The first-order valence-electron chi connectivity index (χ1n) is 14.3. The monoisotopic (exact) mass is 581 g/mol. The molecular weight excluding hydrogens is 546 g/mol. The van der Waals surface area contributed by atoms with Crippen molar-refractivity contribution in [2.75, 3.05) is 59.8 Å². The lowest BCUT2D eigenvalue weighted by molar-refractivity contribution is -0.119. The quantitative estimate of drug-likeness (QED) is 0.255. The van der Waals surface area contributed by atoms with Crippen LogP contribution in [0.2, 0.25) is 5.02 Å². The van der Waals surface area contributed by atoms with E-state index in [1.165, 1.54) is 12.7 Å². The molecule has 0 N–H and O–H groups in total. The molecule has 10 heteroatoms. The molecule has 3 fully saturated rings. The van der Waals surface area contributed by atoms with Crippen molar-refractivity contribution >= 4 is 28.3 Å². The summed E-state index contributed by atoms with van der Waals surface area (Å²) in [6, 6.07) is 9.04. The van der Waals surface area contributed by atoms with Crippen LogP contribution in [0.15, 0.2) is 36.7 Å². The first-order chi connectivity index (χ1) is 20.0. The third-order valence-electron chi connectivity index (χ3n) is 8.26. The van der Waals surface area contributed by atoms with E-state index in [-0.39, 0.29) is 5.78 Å². The summed E-state index contributed by atoms with van der Waals surface area (Å²) in [5, 5.41) is 1.18. The van der Waals surface area contributed by atoms with Crippen LogP contribution in [0.3, 0.4) is 0 Å². The summed E-state index contributed by atoms with van der Waals surface area (Å²) in [5.74, 6) is 2.80. The van der Waals surface area contributed by atoms with Crippen molar-refractivity contribution in [3.8, 4) is 23.1 Å². The highest BCUT2D eigenvalue weighted by atomic mass is 35.5. The lowest BCUT2D eigenvalue weighted by atomic mass is 9.85. The summed E-state index contributed by atoms with van der Waals surface area (Å²) < 4.78 is 28.5. The highest BCUT2D eigenvalue weighted by Crippen LogP contribution is 2.38. The number of rotatable bonds is 13. The molecule has 218 valence electrons. The van der Waals surface area contributed by atoms with Gasteiger partial charge in [-0.25, -0.2) is 9.97 Å². The lowest BCUT2D eigenvalue weighted by Crippen LogP contribution is -2.44. The molecule has 0 aliphatic carbocycles. The van der Waals surface area contributed by atoms with Gasteiger partial charge in [0.25, 0.3) is 0 Å². The van der Waals surface area contributed by atoms with Crippen LogP contribution in [0.4, 0.5) is 0 Å². The Kier molecular flexibility index (Phi) is 8.57. The average molecular weight is 582 g/mol. The maximum absolute atomic E-state index is 12.4. The van der Waals surface area contributed by atoms with Gasteiger partial charge in [0.05, 0.1) is 51.0 Å². The van der Waals surface area contributed by atoms with Crippen LogP contribution in [0.5, 0.6) is 23.1 Å². The Morgan fingerprint density at radius 1 is 1.15 bits per heavy atom. The lowest BCUT2D eigenvalue weighted by Gasteiger charge is -2.37. The first-order valence-corrected chi connectivity index (χ1v) is 14.7. The second-order valence-corrected chi connectivity index (χ2v) is 11.8. The minimum atomic E-state index is 0.174. The Morgan fingerprint density at radius 3 is 2.73 bits per heavy atom. The van der Waals surface area contributed by atoms with Gasteiger partial charge in [-0.2, -0.15) is 0 Å². The molecule has 0 amide bonds. The van der Waals surface area contributed by atoms with Crippen molar-refractivity contribution in [1.29, 1.82) is 0 Å². The van der Waals surface area contributed by atoms with E-state index in [1.807, 2.05) is 18.2 Å². The fourth-order valence-corrected chi connectivity index (χ4v) is 5.91. The summed E-state index contributed by atoms with van der Waals surface area (Å²) in [5.41, 5.74) is 1.87. The molecule has 3 aliphatic heterocycles. The van der Waals surface area contributed by atoms with E-state index in [4.69, 9.17) is 35.3 Å². The molecule has 0 atom stereocenters. The Balaban J connectivity index is 1.07. The van der Waals surface area contributed by atoms with Gasteiger partial charge in [-0.15, -0.1) is 0 Å². The molecule has 0 unspecified atom stereocenters. The Morgan fingerprint density at radius 2 is 2.02 bits per heavy atom. The van der Waals surface area contributed by atoms with Crippen molar-refractivity contribution in [2.24, 2.45) is 11.3 Å². The molecule has 1 spiro atoms. The number of methoxy groups -OCH3 is 1. The van der Waals surface area contributed by atoms with Gasteiger partial charge in [-0.1, -0.05) is 17.7 Å². The Labute approximate surface area is 245 Å². The van der Waals surface area contributed by atoms with Gasteiger partial charge in [-0.3, -0.25) is 4.79 Å². The van der Waals surface area contributed by atoms with Crippen molar-refractivity contribution in [2.45, 2.75) is 32.1 Å². The molecule has 9 nitrogen and oxygen atoms in total. The van der Waals surface area contributed by atoms with Gasteiger partial charge in [0.2, 0.25) is 5.88 Å². The van der Waals surface area contributed by atoms with E-state index in [9.17, 15) is 4.79 Å². The SMILES string of the molecule is COc1cc2c(Oc3ccc(CC(=O)CCC4COC4)c(Cl)c3)ncnc2cc1OCCCN1CCC2(COC2)C1. The average Bonchev–Trinajstić information content (AvgIpc) is 3.37. The van der Waals surface area contributed by atoms with Crippen LogP contribution < -0.4 is 14.2 Å². The zero-order valence-electron chi connectivity index (χ0n) is 23.4. The van der Waals surface area contributed by atoms with Crippen LogP contribution in [-0.2, 0) is 20.7 Å². The molecule has 0 bridgehead atoms. The third kappa shape index (κ3) is 6.59. The highest BCUT2D eigenvalue weighted by Gasteiger charge is 2.43. The molecule has 0 radical (unpaired) electrons. The summed E-state index contributed by atoms with van der Waals surface area (Å²) >= 11 is 6.52. The van der Waals surface area contributed by atoms with E-state index in [2.05, 4.69) is 14.9 Å². The fourth-order valence-electron chi connectivity index (χ4n) is 5.67. The molecule has 1 aromatic heterocycles. The fraction of sp³-hybridized carbons (Fsp3) is 0.516. The first kappa shape index (κ1) is 28.2. The van der Waals surface area contributed by atoms with Gasteiger partial charge in [-0.05, 0) is 49.6 Å². The number of ether oxygens (including phenoxy) is 5. The second-order valence-electron chi connectivity index (χ2n) is 11.4. The van der Waals surface area contributed by atoms with Crippen LogP contribution in [-0.4, -0.2) is 80.4 Å². The zero-order chi connectivity index (χ0) is 28.2. The van der Waals surface area contributed by atoms with E-state index >= 15 is 0 Å². The molecule has 6 rings (SSSR count). The van der Waals surface area contributed by atoms with Crippen molar-refractivity contribution in [3.63, 3.8) is 0 Å². The van der Waals surface area contributed by atoms with Gasteiger partial charge >= 0.3 is 0 Å². The van der Waals surface area contributed by atoms with E-state index in [1.54, 1.807) is 19.2 Å². The van der Waals surface area contributed by atoms with Crippen LogP contribution in [0, 0.1) is 11.3 Å². The highest BCUT2D eigenvalue weighted by molar-refractivity contribution is 6.31. The molecule has 3 aromatic rings.